The lowest BCUT2D eigenvalue weighted by atomic mass is 10.1. The molecule has 27 heavy (non-hydrogen) atoms. The summed E-state index contributed by atoms with van der Waals surface area (Å²) in [5.41, 5.74) is 0.758. The van der Waals surface area contributed by atoms with Crippen LogP contribution in [0.15, 0.2) is 18.2 Å². The fourth-order valence-corrected chi connectivity index (χ4v) is 3.41. The van der Waals surface area contributed by atoms with Crippen molar-refractivity contribution >= 4 is 23.5 Å². The van der Waals surface area contributed by atoms with Gasteiger partial charge in [-0.25, -0.2) is 0 Å². The number of aliphatic carboxylic acids is 1. The fraction of sp³-hybridized carbons (Fsp3) is 0.500. The Kier molecular flexibility index (Phi) is 6.49. The van der Waals surface area contributed by atoms with Crippen molar-refractivity contribution in [2.45, 2.75) is 39.2 Å². The minimum atomic E-state index is -1.07. The van der Waals surface area contributed by atoms with Gasteiger partial charge in [-0.3, -0.25) is 24.5 Å². The second kappa shape index (κ2) is 8.61. The lowest BCUT2D eigenvalue weighted by molar-refractivity contribution is -0.384. The van der Waals surface area contributed by atoms with Crippen LogP contribution in [-0.2, 0) is 9.59 Å². The molecule has 9 heteroatoms. The van der Waals surface area contributed by atoms with Gasteiger partial charge < -0.3 is 14.9 Å². The van der Waals surface area contributed by atoms with Gasteiger partial charge in [-0.2, -0.15) is 0 Å². The lowest BCUT2D eigenvalue weighted by Crippen LogP contribution is -2.43. The van der Waals surface area contributed by atoms with Crippen molar-refractivity contribution in [3.63, 3.8) is 0 Å². The van der Waals surface area contributed by atoms with E-state index in [-0.39, 0.29) is 35.7 Å². The SMILES string of the molecule is CC(=O)N(CC(=O)O)C1CCCN(C(=O)c2cc(C)cc([N+](=O)[O-])c2)CC1. The highest BCUT2D eigenvalue weighted by Gasteiger charge is 2.28. The van der Waals surface area contributed by atoms with Crippen molar-refractivity contribution in [1.82, 2.24) is 9.80 Å². The summed E-state index contributed by atoms with van der Waals surface area (Å²) in [6.45, 7) is 3.48. The first-order valence-electron chi connectivity index (χ1n) is 8.73. The maximum Gasteiger partial charge on any atom is 0.323 e. The lowest BCUT2D eigenvalue weighted by Gasteiger charge is -2.28. The van der Waals surface area contributed by atoms with Crippen LogP contribution in [0.5, 0.6) is 0 Å². The van der Waals surface area contributed by atoms with Crippen molar-refractivity contribution in [2.75, 3.05) is 19.6 Å². The number of non-ortho nitro benzene ring substituents is 1. The van der Waals surface area contributed by atoms with E-state index in [2.05, 4.69) is 0 Å². The highest BCUT2D eigenvalue weighted by atomic mass is 16.6. The molecule has 9 nitrogen and oxygen atoms in total. The van der Waals surface area contributed by atoms with Crippen LogP contribution in [0, 0.1) is 17.0 Å². The number of hydrogen-bond donors (Lipinski definition) is 1. The summed E-state index contributed by atoms with van der Waals surface area (Å²) in [6, 6.07) is 4.04. The predicted octanol–water partition coefficient (Wildman–Crippen LogP) is 1.83. The molecule has 1 aromatic rings. The van der Waals surface area contributed by atoms with Crippen LogP contribution >= 0.6 is 0 Å². The van der Waals surface area contributed by atoms with Gasteiger partial charge in [0.1, 0.15) is 6.54 Å². The third-order valence-electron chi connectivity index (χ3n) is 4.66. The number of aryl methyl sites for hydroxylation is 1. The Hall–Kier alpha value is -2.97. The molecular formula is C18H23N3O6. The number of nitrogens with zero attached hydrogens (tertiary/aromatic N) is 3. The molecule has 0 aliphatic carbocycles. The number of likely N-dealkylation sites (tertiary alicyclic amines) is 1. The van der Waals surface area contributed by atoms with Gasteiger partial charge in [-0.1, -0.05) is 0 Å². The molecular weight excluding hydrogens is 354 g/mol. The quantitative estimate of drug-likeness (QED) is 0.617. The Morgan fingerprint density at radius 1 is 1.26 bits per heavy atom. The number of carbonyl (C=O) groups is 3. The van der Waals surface area contributed by atoms with Gasteiger partial charge in [0, 0.05) is 43.8 Å². The number of rotatable bonds is 5. The molecule has 0 spiro atoms. The number of carbonyl (C=O) groups excluding carboxylic acids is 2. The molecule has 1 N–H and O–H groups in total. The van der Waals surface area contributed by atoms with E-state index in [4.69, 9.17) is 5.11 Å². The van der Waals surface area contributed by atoms with E-state index in [1.807, 2.05) is 0 Å². The minimum absolute atomic E-state index is 0.129. The third kappa shape index (κ3) is 5.25. The molecule has 1 atom stereocenters. The van der Waals surface area contributed by atoms with Gasteiger partial charge >= 0.3 is 5.97 Å². The number of carboxylic acid groups (broad SMARTS) is 1. The van der Waals surface area contributed by atoms with E-state index in [0.717, 1.165) is 0 Å². The molecule has 2 amide bonds. The number of amides is 2. The average Bonchev–Trinajstić information content (AvgIpc) is 2.84. The zero-order valence-corrected chi connectivity index (χ0v) is 15.4. The molecule has 1 heterocycles. The smallest absolute Gasteiger partial charge is 0.323 e. The predicted molar refractivity (Wildman–Crippen MR) is 96.4 cm³/mol. The van der Waals surface area contributed by atoms with Crippen molar-refractivity contribution < 1.29 is 24.4 Å². The standard InChI is InChI=1S/C18H23N3O6/c1-12-8-14(10-16(9-12)21(26)27)18(25)19-6-3-4-15(5-7-19)20(13(2)22)11-17(23)24/h8-10,15H,3-7,11H2,1-2H3,(H,23,24). The number of hydrogen-bond acceptors (Lipinski definition) is 5. The van der Waals surface area contributed by atoms with Crippen molar-refractivity contribution in [2.24, 2.45) is 0 Å². The van der Waals surface area contributed by atoms with Crippen molar-refractivity contribution in [3.05, 3.63) is 39.4 Å². The van der Waals surface area contributed by atoms with E-state index in [9.17, 15) is 24.5 Å². The Balaban J connectivity index is 2.13. The first-order valence-corrected chi connectivity index (χ1v) is 8.73. The second-order valence-electron chi connectivity index (χ2n) is 6.73. The van der Waals surface area contributed by atoms with Crippen LogP contribution in [0.3, 0.4) is 0 Å². The summed E-state index contributed by atoms with van der Waals surface area (Å²) >= 11 is 0. The summed E-state index contributed by atoms with van der Waals surface area (Å²) in [5, 5.41) is 20.0. The van der Waals surface area contributed by atoms with Gasteiger partial charge in [-0.15, -0.1) is 0 Å². The van der Waals surface area contributed by atoms with Gasteiger partial charge in [0.15, 0.2) is 0 Å². The number of nitro groups is 1. The van der Waals surface area contributed by atoms with E-state index in [0.29, 0.717) is 37.9 Å². The highest BCUT2D eigenvalue weighted by molar-refractivity contribution is 5.95. The Labute approximate surface area is 156 Å². The molecule has 0 aromatic heterocycles. The first-order chi connectivity index (χ1) is 12.7. The summed E-state index contributed by atoms with van der Waals surface area (Å²) < 4.78 is 0. The number of benzene rings is 1. The van der Waals surface area contributed by atoms with Gasteiger partial charge in [0.25, 0.3) is 11.6 Å². The molecule has 1 aliphatic heterocycles. The zero-order valence-electron chi connectivity index (χ0n) is 15.4. The van der Waals surface area contributed by atoms with Gasteiger partial charge in [-0.05, 0) is 37.8 Å². The second-order valence-corrected chi connectivity index (χ2v) is 6.73. The summed E-state index contributed by atoms with van der Waals surface area (Å²) in [5.74, 6) is -1.68. The molecule has 1 aliphatic rings. The summed E-state index contributed by atoms with van der Waals surface area (Å²) in [4.78, 5) is 49.0. The molecule has 2 rings (SSSR count). The first kappa shape index (κ1) is 20.3. The topological polar surface area (TPSA) is 121 Å². The van der Waals surface area contributed by atoms with Gasteiger partial charge in [0.2, 0.25) is 5.91 Å². The highest BCUT2D eigenvalue weighted by Crippen LogP contribution is 2.22. The average molecular weight is 377 g/mol. The van der Waals surface area contributed by atoms with Crippen molar-refractivity contribution in [3.8, 4) is 0 Å². The Bertz CT molecular complexity index is 763. The summed E-state index contributed by atoms with van der Waals surface area (Å²) in [6.07, 6.45) is 1.69. The Morgan fingerprint density at radius 3 is 2.56 bits per heavy atom. The van der Waals surface area contributed by atoms with Crippen LogP contribution < -0.4 is 0 Å². The maximum atomic E-state index is 12.8. The molecule has 146 valence electrons. The van der Waals surface area contributed by atoms with Crippen LogP contribution in [-0.4, -0.2) is 63.3 Å². The monoisotopic (exact) mass is 377 g/mol. The number of carboxylic acids is 1. The molecule has 1 aromatic carbocycles. The fourth-order valence-electron chi connectivity index (χ4n) is 3.41. The molecule has 1 unspecified atom stereocenters. The molecule has 0 saturated carbocycles. The van der Waals surface area contributed by atoms with Crippen LogP contribution in [0.4, 0.5) is 5.69 Å². The van der Waals surface area contributed by atoms with E-state index in [1.165, 1.54) is 24.0 Å². The number of nitro benzene ring substituents is 1. The van der Waals surface area contributed by atoms with E-state index < -0.39 is 10.9 Å². The minimum Gasteiger partial charge on any atom is -0.480 e. The molecule has 1 fully saturated rings. The molecule has 1 saturated heterocycles. The molecule has 0 radical (unpaired) electrons. The van der Waals surface area contributed by atoms with Crippen molar-refractivity contribution in [1.29, 1.82) is 0 Å². The van der Waals surface area contributed by atoms with Crippen LogP contribution in [0.1, 0.15) is 42.1 Å². The Morgan fingerprint density at radius 2 is 1.96 bits per heavy atom. The van der Waals surface area contributed by atoms with Crippen LogP contribution in [0.25, 0.3) is 0 Å². The van der Waals surface area contributed by atoms with E-state index >= 15 is 0 Å². The maximum absolute atomic E-state index is 12.8. The molecule has 0 bridgehead atoms. The van der Waals surface area contributed by atoms with Gasteiger partial charge in [0.05, 0.1) is 4.92 Å². The largest absolute Gasteiger partial charge is 0.480 e. The zero-order chi connectivity index (χ0) is 20.1. The van der Waals surface area contributed by atoms with E-state index in [1.54, 1.807) is 17.9 Å². The third-order valence-corrected chi connectivity index (χ3v) is 4.66. The van der Waals surface area contributed by atoms with Crippen LogP contribution in [0.2, 0.25) is 0 Å². The summed E-state index contributed by atoms with van der Waals surface area (Å²) in [7, 11) is 0. The normalized spacial score (nSPS) is 17.1.